The molecule has 2 heterocycles. The van der Waals surface area contributed by atoms with Gasteiger partial charge in [0.2, 0.25) is 0 Å². The fraction of sp³-hybridized carbons (Fsp3) is 0.500. The number of carbonyl (C=O) groups is 2. The number of carbonyl (C=O) groups excluding carboxylic acids is 2. The van der Waals surface area contributed by atoms with Gasteiger partial charge in [0.05, 0.1) is 24.9 Å². The van der Waals surface area contributed by atoms with Crippen LogP contribution in [-0.4, -0.2) is 28.9 Å². The first-order valence-electron chi connectivity index (χ1n) is 5.43. The molecule has 0 saturated heterocycles. The Balaban J connectivity index is 2.12. The quantitative estimate of drug-likeness (QED) is 0.694. The average Bonchev–Trinajstić information content (AvgIpc) is 2.63. The van der Waals surface area contributed by atoms with Crippen molar-refractivity contribution >= 4 is 11.9 Å². The third-order valence-electron chi connectivity index (χ3n) is 2.39. The van der Waals surface area contributed by atoms with Gasteiger partial charge in [0, 0.05) is 5.56 Å². The second-order valence-electron chi connectivity index (χ2n) is 5.07. The molecule has 1 aromatic rings. The lowest BCUT2D eigenvalue weighted by Crippen LogP contribution is -2.42. The molecule has 0 unspecified atom stereocenters. The van der Waals surface area contributed by atoms with E-state index in [-0.39, 0.29) is 12.3 Å². The van der Waals surface area contributed by atoms with Crippen LogP contribution >= 0.6 is 0 Å². The number of amides is 1. The van der Waals surface area contributed by atoms with Gasteiger partial charge in [-0.25, -0.2) is 4.79 Å². The Bertz CT molecular complexity index is 455. The number of hydrogen-bond donors (Lipinski definition) is 0. The number of rotatable bonds is 0. The van der Waals surface area contributed by atoms with Gasteiger partial charge in [-0.3, -0.25) is 9.69 Å². The highest BCUT2D eigenvalue weighted by molar-refractivity contribution is 6.01. The Morgan fingerprint density at radius 1 is 1.35 bits per heavy atom. The molecule has 2 rings (SSSR count). The SMILES string of the molecule is CC(C)(C)OC(=O)N1CC(=O)c2cocc2C1. The van der Waals surface area contributed by atoms with Gasteiger partial charge in [-0.15, -0.1) is 0 Å². The van der Waals surface area contributed by atoms with Gasteiger partial charge in [0.1, 0.15) is 11.9 Å². The van der Waals surface area contributed by atoms with Crippen molar-refractivity contribution in [2.45, 2.75) is 32.9 Å². The molecule has 0 saturated carbocycles. The maximum absolute atomic E-state index is 11.8. The van der Waals surface area contributed by atoms with E-state index in [1.807, 2.05) is 0 Å². The largest absolute Gasteiger partial charge is 0.471 e. The smallest absolute Gasteiger partial charge is 0.411 e. The first-order valence-corrected chi connectivity index (χ1v) is 5.43. The lowest BCUT2D eigenvalue weighted by Gasteiger charge is -2.28. The van der Waals surface area contributed by atoms with Crippen LogP contribution in [0.1, 0.15) is 36.7 Å². The average molecular weight is 237 g/mol. The Morgan fingerprint density at radius 3 is 2.71 bits per heavy atom. The third kappa shape index (κ3) is 2.49. The van der Waals surface area contributed by atoms with Gasteiger partial charge in [0.25, 0.3) is 0 Å². The van der Waals surface area contributed by atoms with E-state index >= 15 is 0 Å². The van der Waals surface area contributed by atoms with E-state index in [4.69, 9.17) is 9.15 Å². The Morgan fingerprint density at radius 2 is 2.06 bits per heavy atom. The second-order valence-corrected chi connectivity index (χ2v) is 5.07. The van der Waals surface area contributed by atoms with Crippen molar-refractivity contribution in [2.75, 3.05) is 6.54 Å². The number of furan rings is 1. The zero-order chi connectivity index (χ0) is 12.6. The number of fused-ring (bicyclic) bond motifs is 1. The zero-order valence-corrected chi connectivity index (χ0v) is 10.1. The standard InChI is InChI=1S/C12H15NO4/c1-12(2,3)17-11(15)13-4-8-6-16-7-9(8)10(14)5-13/h6-7H,4-5H2,1-3H3. The third-order valence-corrected chi connectivity index (χ3v) is 2.39. The van der Waals surface area contributed by atoms with Crippen molar-refractivity contribution in [2.24, 2.45) is 0 Å². The topological polar surface area (TPSA) is 59.8 Å². The number of nitrogens with zero attached hydrogens (tertiary/aromatic N) is 1. The van der Waals surface area contributed by atoms with E-state index in [1.165, 1.54) is 17.4 Å². The van der Waals surface area contributed by atoms with Crippen LogP contribution in [0.4, 0.5) is 4.79 Å². The van der Waals surface area contributed by atoms with Gasteiger partial charge in [0.15, 0.2) is 5.78 Å². The lowest BCUT2D eigenvalue weighted by molar-refractivity contribution is 0.0220. The predicted molar refractivity (Wildman–Crippen MR) is 59.7 cm³/mol. The minimum absolute atomic E-state index is 0.0431. The summed E-state index contributed by atoms with van der Waals surface area (Å²) in [6, 6.07) is 0. The monoisotopic (exact) mass is 237 g/mol. The molecule has 1 amide bonds. The number of ether oxygens (including phenoxy) is 1. The zero-order valence-electron chi connectivity index (χ0n) is 10.1. The van der Waals surface area contributed by atoms with Gasteiger partial charge in [-0.2, -0.15) is 0 Å². The molecule has 0 aromatic carbocycles. The van der Waals surface area contributed by atoms with Crippen molar-refractivity contribution in [3.8, 4) is 0 Å². The van der Waals surface area contributed by atoms with Gasteiger partial charge in [-0.05, 0) is 20.8 Å². The van der Waals surface area contributed by atoms with E-state index < -0.39 is 11.7 Å². The molecule has 5 nitrogen and oxygen atoms in total. The van der Waals surface area contributed by atoms with E-state index in [0.717, 1.165) is 5.56 Å². The highest BCUT2D eigenvalue weighted by Crippen LogP contribution is 2.21. The molecule has 0 radical (unpaired) electrons. The first-order chi connectivity index (χ1) is 7.87. The number of hydrogen-bond acceptors (Lipinski definition) is 4. The fourth-order valence-electron chi connectivity index (χ4n) is 1.67. The Hall–Kier alpha value is -1.78. The van der Waals surface area contributed by atoms with E-state index in [9.17, 15) is 9.59 Å². The summed E-state index contributed by atoms with van der Waals surface area (Å²) in [6.45, 7) is 5.77. The molecule has 1 aromatic heterocycles. The highest BCUT2D eigenvalue weighted by Gasteiger charge is 2.30. The molecule has 5 heteroatoms. The molecule has 17 heavy (non-hydrogen) atoms. The summed E-state index contributed by atoms with van der Waals surface area (Å²) in [4.78, 5) is 24.9. The molecule has 0 N–H and O–H groups in total. The molecule has 0 aliphatic carbocycles. The molecule has 1 aliphatic rings. The molecular weight excluding hydrogens is 222 g/mol. The summed E-state index contributed by atoms with van der Waals surface area (Å²) < 4.78 is 10.2. The lowest BCUT2D eigenvalue weighted by atomic mass is 10.0. The van der Waals surface area contributed by atoms with Gasteiger partial charge in [-0.1, -0.05) is 0 Å². The molecule has 0 fully saturated rings. The van der Waals surface area contributed by atoms with E-state index in [0.29, 0.717) is 12.1 Å². The van der Waals surface area contributed by atoms with Crippen LogP contribution in [0.2, 0.25) is 0 Å². The minimum Gasteiger partial charge on any atom is -0.471 e. The van der Waals surface area contributed by atoms with Crippen molar-refractivity contribution < 1.29 is 18.7 Å². The minimum atomic E-state index is -0.559. The van der Waals surface area contributed by atoms with Crippen LogP contribution in [0.15, 0.2) is 16.9 Å². The molecule has 92 valence electrons. The Labute approximate surface area is 99.3 Å². The maximum Gasteiger partial charge on any atom is 0.411 e. The summed E-state index contributed by atoms with van der Waals surface area (Å²) in [5.41, 5.74) is 0.730. The summed E-state index contributed by atoms with van der Waals surface area (Å²) >= 11 is 0. The summed E-state index contributed by atoms with van der Waals surface area (Å²) in [5, 5.41) is 0. The Kier molecular flexibility index (Phi) is 2.69. The van der Waals surface area contributed by atoms with E-state index in [2.05, 4.69) is 0 Å². The molecule has 1 aliphatic heterocycles. The second kappa shape index (κ2) is 3.91. The fourth-order valence-corrected chi connectivity index (χ4v) is 1.67. The van der Waals surface area contributed by atoms with Gasteiger partial charge < -0.3 is 9.15 Å². The van der Waals surface area contributed by atoms with Gasteiger partial charge >= 0.3 is 6.09 Å². The molecule has 0 bridgehead atoms. The van der Waals surface area contributed by atoms with Crippen molar-refractivity contribution in [1.82, 2.24) is 4.90 Å². The predicted octanol–water partition coefficient (Wildman–Crippen LogP) is 2.21. The van der Waals surface area contributed by atoms with Crippen LogP contribution in [0.25, 0.3) is 0 Å². The molecule has 0 spiro atoms. The van der Waals surface area contributed by atoms with Crippen molar-refractivity contribution in [3.05, 3.63) is 23.7 Å². The summed E-state index contributed by atoms with van der Waals surface area (Å²) in [6.07, 6.45) is 2.44. The molecule has 0 atom stereocenters. The molecular formula is C12H15NO4. The van der Waals surface area contributed by atoms with Crippen LogP contribution in [0.3, 0.4) is 0 Å². The van der Waals surface area contributed by atoms with E-state index in [1.54, 1.807) is 20.8 Å². The van der Waals surface area contributed by atoms with Crippen LogP contribution in [0, 0.1) is 0 Å². The van der Waals surface area contributed by atoms with Crippen LogP contribution in [0.5, 0.6) is 0 Å². The summed E-state index contributed by atoms with van der Waals surface area (Å²) in [5.74, 6) is -0.120. The maximum atomic E-state index is 11.8. The van der Waals surface area contributed by atoms with Crippen LogP contribution < -0.4 is 0 Å². The first kappa shape index (κ1) is 11.7. The number of Topliss-reactive ketones (excluding diaryl/α,β-unsaturated/α-hetero) is 1. The summed E-state index contributed by atoms with van der Waals surface area (Å²) in [7, 11) is 0. The van der Waals surface area contributed by atoms with Crippen molar-refractivity contribution in [3.63, 3.8) is 0 Å². The highest BCUT2D eigenvalue weighted by atomic mass is 16.6. The van der Waals surface area contributed by atoms with Crippen LogP contribution in [-0.2, 0) is 11.3 Å². The number of ketones is 1. The normalized spacial score (nSPS) is 15.7. The van der Waals surface area contributed by atoms with Crippen molar-refractivity contribution in [1.29, 1.82) is 0 Å².